The van der Waals surface area contributed by atoms with Gasteiger partial charge in [0, 0.05) is 12.5 Å². The summed E-state index contributed by atoms with van der Waals surface area (Å²) in [5.74, 6) is 2.33. The van der Waals surface area contributed by atoms with Crippen LogP contribution in [0.3, 0.4) is 0 Å². The molecule has 0 spiro atoms. The van der Waals surface area contributed by atoms with E-state index in [1.54, 1.807) is 0 Å². The maximum Gasteiger partial charge on any atom is 0.231 e. The molecule has 1 aliphatic rings. The van der Waals surface area contributed by atoms with Gasteiger partial charge in [-0.25, -0.2) is 0 Å². The lowest BCUT2D eigenvalue weighted by molar-refractivity contribution is 0.0694. The molecule has 0 saturated heterocycles. The van der Waals surface area contributed by atoms with Gasteiger partial charge in [-0.05, 0) is 26.0 Å². The number of fused-ring (bicyclic) bond motifs is 1. The van der Waals surface area contributed by atoms with Crippen LogP contribution in [-0.2, 0) is 4.74 Å². The van der Waals surface area contributed by atoms with Crippen LogP contribution in [0.5, 0.6) is 17.2 Å². The van der Waals surface area contributed by atoms with E-state index < -0.39 is 0 Å². The molecule has 0 saturated carbocycles. The fourth-order valence-corrected chi connectivity index (χ4v) is 1.53. The van der Waals surface area contributed by atoms with Gasteiger partial charge in [0.05, 0.1) is 19.3 Å². The molecule has 0 N–H and O–H groups in total. The van der Waals surface area contributed by atoms with Crippen molar-refractivity contribution in [2.45, 2.75) is 26.4 Å². The molecule has 0 bridgehead atoms. The molecule has 0 fully saturated rings. The van der Waals surface area contributed by atoms with E-state index in [9.17, 15) is 0 Å². The summed E-state index contributed by atoms with van der Waals surface area (Å²) in [7, 11) is 0. The van der Waals surface area contributed by atoms with Crippen molar-refractivity contribution < 1.29 is 18.9 Å². The first kappa shape index (κ1) is 12.0. The summed E-state index contributed by atoms with van der Waals surface area (Å²) >= 11 is 0. The summed E-state index contributed by atoms with van der Waals surface area (Å²) in [6.07, 6.45) is 1.16. The van der Waals surface area contributed by atoms with E-state index in [0.717, 1.165) is 30.3 Å². The van der Waals surface area contributed by atoms with Crippen LogP contribution >= 0.6 is 0 Å². The van der Waals surface area contributed by atoms with E-state index in [-0.39, 0.29) is 6.10 Å². The zero-order chi connectivity index (χ0) is 12.1. The molecule has 0 radical (unpaired) electrons. The van der Waals surface area contributed by atoms with Crippen LogP contribution < -0.4 is 14.2 Å². The van der Waals surface area contributed by atoms with Crippen LogP contribution in [0.25, 0.3) is 0 Å². The van der Waals surface area contributed by atoms with E-state index in [2.05, 4.69) is 0 Å². The molecule has 0 aliphatic carbocycles. The Labute approximate surface area is 101 Å². The van der Waals surface area contributed by atoms with Gasteiger partial charge in [0.15, 0.2) is 11.5 Å². The summed E-state index contributed by atoms with van der Waals surface area (Å²) in [6.45, 7) is 5.72. The van der Waals surface area contributed by atoms with Crippen LogP contribution in [0.1, 0.15) is 20.3 Å². The highest BCUT2D eigenvalue weighted by Crippen LogP contribution is 2.35. The van der Waals surface area contributed by atoms with Crippen molar-refractivity contribution in [3.63, 3.8) is 0 Å². The molecule has 0 atom stereocenters. The molecule has 0 aromatic heterocycles. The maximum absolute atomic E-state index is 5.60. The Hall–Kier alpha value is -1.42. The Morgan fingerprint density at radius 1 is 1.18 bits per heavy atom. The zero-order valence-electron chi connectivity index (χ0n) is 10.3. The van der Waals surface area contributed by atoms with Crippen molar-refractivity contribution in [3.8, 4) is 17.2 Å². The Morgan fingerprint density at radius 2 is 2.00 bits per heavy atom. The van der Waals surface area contributed by atoms with E-state index in [1.165, 1.54) is 0 Å². The SMILES string of the molecule is CC(C)OCCCOc1ccc2c(c1)OCO2. The van der Waals surface area contributed by atoms with Crippen molar-refractivity contribution >= 4 is 0 Å². The molecule has 0 amide bonds. The average Bonchev–Trinajstić information content (AvgIpc) is 2.75. The lowest BCUT2D eigenvalue weighted by Crippen LogP contribution is -2.07. The summed E-state index contributed by atoms with van der Waals surface area (Å²) in [6, 6.07) is 5.60. The largest absolute Gasteiger partial charge is 0.493 e. The fraction of sp³-hybridized carbons (Fsp3) is 0.538. The lowest BCUT2D eigenvalue weighted by Gasteiger charge is -2.09. The Balaban J connectivity index is 1.72. The van der Waals surface area contributed by atoms with Gasteiger partial charge in [-0.1, -0.05) is 0 Å². The Kier molecular flexibility index (Phi) is 4.09. The molecule has 17 heavy (non-hydrogen) atoms. The predicted molar refractivity (Wildman–Crippen MR) is 63.8 cm³/mol. The van der Waals surface area contributed by atoms with Crippen LogP contribution in [-0.4, -0.2) is 26.1 Å². The first-order valence-corrected chi connectivity index (χ1v) is 5.90. The van der Waals surface area contributed by atoms with Crippen molar-refractivity contribution in [2.75, 3.05) is 20.0 Å². The quantitative estimate of drug-likeness (QED) is 0.714. The number of hydrogen-bond acceptors (Lipinski definition) is 4. The summed E-state index contributed by atoms with van der Waals surface area (Å²) < 4.78 is 21.5. The Bertz CT molecular complexity index is 362. The molecular weight excluding hydrogens is 220 g/mol. The van der Waals surface area contributed by atoms with Crippen LogP contribution in [0.2, 0.25) is 0 Å². The molecule has 1 aromatic carbocycles. The zero-order valence-corrected chi connectivity index (χ0v) is 10.3. The van der Waals surface area contributed by atoms with Gasteiger partial charge in [-0.15, -0.1) is 0 Å². The third-order valence-corrected chi connectivity index (χ3v) is 2.35. The van der Waals surface area contributed by atoms with Gasteiger partial charge >= 0.3 is 0 Å². The number of benzene rings is 1. The van der Waals surface area contributed by atoms with E-state index >= 15 is 0 Å². The van der Waals surface area contributed by atoms with Gasteiger partial charge in [0.25, 0.3) is 0 Å². The highest BCUT2D eigenvalue weighted by molar-refractivity contribution is 5.46. The predicted octanol–water partition coefficient (Wildman–Crippen LogP) is 2.61. The molecule has 4 nitrogen and oxygen atoms in total. The van der Waals surface area contributed by atoms with Crippen LogP contribution in [0, 0.1) is 0 Å². The molecular formula is C13H18O4. The second-order valence-corrected chi connectivity index (χ2v) is 4.14. The number of hydrogen-bond donors (Lipinski definition) is 0. The summed E-state index contributed by atoms with van der Waals surface area (Å²) in [5.41, 5.74) is 0. The number of rotatable bonds is 6. The second kappa shape index (κ2) is 5.77. The standard InChI is InChI=1S/C13H18O4/c1-10(2)14-6-3-7-15-11-4-5-12-13(8-11)17-9-16-12/h4-5,8,10H,3,6-7,9H2,1-2H3. The summed E-state index contributed by atoms with van der Waals surface area (Å²) in [4.78, 5) is 0. The minimum atomic E-state index is 0.278. The molecule has 4 heteroatoms. The highest BCUT2D eigenvalue weighted by Gasteiger charge is 2.13. The van der Waals surface area contributed by atoms with Gasteiger partial charge in [-0.2, -0.15) is 0 Å². The minimum absolute atomic E-state index is 0.278. The molecule has 1 aliphatic heterocycles. The fourth-order valence-electron chi connectivity index (χ4n) is 1.53. The van der Waals surface area contributed by atoms with Crippen LogP contribution in [0.4, 0.5) is 0 Å². The Morgan fingerprint density at radius 3 is 2.82 bits per heavy atom. The summed E-state index contributed by atoms with van der Waals surface area (Å²) in [5, 5.41) is 0. The first-order valence-electron chi connectivity index (χ1n) is 5.90. The van der Waals surface area contributed by atoms with Crippen LogP contribution in [0.15, 0.2) is 18.2 Å². The lowest BCUT2D eigenvalue weighted by atomic mass is 10.3. The highest BCUT2D eigenvalue weighted by atomic mass is 16.7. The average molecular weight is 238 g/mol. The van der Waals surface area contributed by atoms with Crippen molar-refractivity contribution in [3.05, 3.63) is 18.2 Å². The smallest absolute Gasteiger partial charge is 0.231 e. The van der Waals surface area contributed by atoms with Gasteiger partial charge in [0.2, 0.25) is 6.79 Å². The maximum atomic E-state index is 5.60. The second-order valence-electron chi connectivity index (χ2n) is 4.14. The number of ether oxygens (including phenoxy) is 4. The van der Waals surface area contributed by atoms with Crippen molar-refractivity contribution in [1.82, 2.24) is 0 Å². The monoisotopic (exact) mass is 238 g/mol. The first-order chi connectivity index (χ1) is 8.25. The minimum Gasteiger partial charge on any atom is -0.493 e. The van der Waals surface area contributed by atoms with Gasteiger partial charge < -0.3 is 18.9 Å². The normalized spacial score (nSPS) is 13.1. The molecule has 1 aromatic rings. The van der Waals surface area contributed by atoms with E-state index in [4.69, 9.17) is 18.9 Å². The third kappa shape index (κ3) is 3.53. The van der Waals surface area contributed by atoms with Gasteiger partial charge in [0.1, 0.15) is 5.75 Å². The van der Waals surface area contributed by atoms with E-state index in [1.807, 2.05) is 32.0 Å². The molecule has 2 rings (SSSR count). The van der Waals surface area contributed by atoms with Crippen molar-refractivity contribution in [1.29, 1.82) is 0 Å². The third-order valence-electron chi connectivity index (χ3n) is 2.35. The van der Waals surface area contributed by atoms with Crippen molar-refractivity contribution in [2.24, 2.45) is 0 Å². The molecule has 94 valence electrons. The molecule has 0 unspecified atom stereocenters. The van der Waals surface area contributed by atoms with Gasteiger partial charge in [-0.3, -0.25) is 0 Å². The topological polar surface area (TPSA) is 36.9 Å². The van der Waals surface area contributed by atoms with E-state index in [0.29, 0.717) is 13.4 Å². The molecule has 1 heterocycles.